The van der Waals surface area contributed by atoms with Crippen LogP contribution in [0.15, 0.2) is 60.8 Å². The molecule has 1 N–H and O–H groups in total. The van der Waals surface area contributed by atoms with Crippen LogP contribution in [0, 0.1) is 12.7 Å². The first-order valence-electron chi connectivity index (χ1n) is 8.46. The van der Waals surface area contributed by atoms with E-state index in [2.05, 4.69) is 15.3 Å². The molecule has 0 aliphatic carbocycles. The van der Waals surface area contributed by atoms with Crippen LogP contribution in [0.25, 0.3) is 22.2 Å². The zero-order valence-electron chi connectivity index (χ0n) is 14.6. The van der Waals surface area contributed by atoms with Crippen LogP contribution in [0.3, 0.4) is 0 Å². The molecule has 2 heterocycles. The van der Waals surface area contributed by atoms with Gasteiger partial charge < -0.3 is 5.32 Å². The number of nitrogens with zero attached hydrogens (tertiary/aromatic N) is 2. The molecule has 4 aromatic rings. The molecule has 2 aromatic carbocycles. The lowest BCUT2D eigenvalue weighted by Gasteiger charge is -2.08. The molecular weight excluding hydrogens is 361 g/mol. The molecule has 0 fully saturated rings. The summed E-state index contributed by atoms with van der Waals surface area (Å²) < 4.78 is 13.2. The first kappa shape index (κ1) is 17.3. The van der Waals surface area contributed by atoms with E-state index in [0.717, 1.165) is 32.0 Å². The largest absolute Gasteiger partial charge is 0.324 e. The number of anilines is 1. The molecule has 134 valence electrons. The summed E-state index contributed by atoms with van der Waals surface area (Å²) in [6.07, 6.45) is 1.90. The van der Waals surface area contributed by atoms with E-state index in [1.807, 2.05) is 37.3 Å². The van der Waals surface area contributed by atoms with Gasteiger partial charge in [-0.25, -0.2) is 9.37 Å². The number of carbonyl (C=O) groups is 1. The van der Waals surface area contributed by atoms with Gasteiger partial charge in [-0.05, 0) is 43.3 Å². The van der Waals surface area contributed by atoms with Crippen LogP contribution < -0.4 is 5.32 Å². The van der Waals surface area contributed by atoms with Crippen molar-refractivity contribution >= 4 is 33.8 Å². The maximum absolute atomic E-state index is 13.2. The lowest BCUT2D eigenvalue weighted by atomic mass is 10.1. The number of halogens is 1. The third kappa shape index (κ3) is 3.71. The Bertz CT molecular complexity index is 1120. The van der Waals surface area contributed by atoms with Gasteiger partial charge in [-0.1, -0.05) is 18.2 Å². The molecule has 4 nitrogen and oxygen atoms in total. The van der Waals surface area contributed by atoms with Gasteiger partial charge in [-0.2, -0.15) is 0 Å². The van der Waals surface area contributed by atoms with Gasteiger partial charge in [-0.15, -0.1) is 11.3 Å². The second-order valence-corrected chi connectivity index (χ2v) is 7.40. The van der Waals surface area contributed by atoms with Crippen molar-refractivity contribution in [2.45, 2.75) is 13.3 Å². The van der Waals surface area contributed by atoms with Gasteiger partial charge in [-0.3, -0.25) is 9.78 Å². The molecule has 1 amide bonds. The summed E-state index contributed by atoms with van der Waals surface area (Å²) in [5.41, 5.74) is 2.97. The normalized spacial score (nSPS) is 10.9. The summed E-state index contributed by atoms with van der Waals surface area (Å²) in [4.78, 5) is 22.4. The van der Waals surface area contributed by atoms with E-state index in [4.69, 9.17) is 0 Å². The molecule has 0 unspecified atom stereocenters. The number of thiazole rings is 1. The first-order chi connectivity index (χ1) is 13.1. The number of aromatic nitrogens is 2. The number of hydrogen-bond donors (Lipinski definition) is 1. The average Bonchev–Trinajstić information content (AvgIpc) is 3.02. The number of hydrogen-bond acceptors (Lipinski definition) is 4. The lowest BCUT2D eigenvalue weighted by molar-refractivity contribution is -0.115. The molecule has 4 rings (SSSR count). The van der Waals surface area contributed by atoms with Gasteiger partial charge in [0.2, 0.25) is 5.91 Å². The van der Waals surface area contributed by atoms with Crippen LogP contribution in [0.2, 0.25) is 0 Å². The predicted octanol–water partition coefficient (Wildman–Crippen LogP) is 4.99. The predicted molar refractivity (Wildman–Crippen MR) is 106 cm³/mol. The number of aryl methyl sites for hydroxylation is 1. The molecule has 0 radical (unpaired) electrons. The highest BCUT2D eigenvalue weighted by Gasteiger charge is 2.16. The van der Waals surface area contributed by atoms with Crippen molar-refractivity contribution in [1.29, 1.82) is 0 Å². The summed E-state index contributed by atoms with van der Waals surface area (Å²) >= 11 is 1.47. The minimum absolute atomic E-state index is 0.139. The molecule has 0 bridgehead atoms. The molecule has 0 saturated carbocycles. The van der Waals surface area contributed by atoms with Crippen LogP contribution in [0.1, 0.15) is 9.88 Å². The Balaban J connectivity index is 1.59. The number of rotatable bonds is 4. The second-order valence-electron chi connectivity index (χ2n) is 6.12. The van der Waals surface area contributed by atoms with Crippen LogP contribution in [0.5, 0.6) is 0 Å². The van der Waals surface area contributed by atoms with Crippen molar-refractivity contribution in [3.63, 3.8) is 0 Å². The van der Waals surface area contributed by atoms with Gasteiger partial charge in [0.15, 0.2) is 0 Å². The fourth-order valence-electron chi connectivity index (χ4n) is 2.97. The van der Waals surface area contributed by atoms with Crippen molar-refractivity contribution in [2.24, 2.45) is 0 Å². The Morgan fingerprint density at radius 2 is 1.89 bits per heavy atom. The standard InChI is InChI=1S/C21H16FN3OS/c1-13-24-21(15-7-9-16(22)10-8-15)18(27-13)12-19(26)25-17-6-2-4-14-5-3-11-23-20(14)17/h2-11H,12H2,1H3,(H,25,26). The van der Waals surface area contributed by atoms with Crippen molar-refractivity contribution < 1.29 is 9.18 Å². The zero-order chi connectivity index (χ0) is 18.8. The van der Waals surface area contributed by atoms with Crippen LogP contribution in [-0.4, -0.2) is 15.9 Å². The lowest BCUT2D eigenvalue weighted by Crippen LogP contribution is -2.14. The Kier molecular flexibility index (Phi) is 4.64. The fraction of sp³-hybridized carbons (Fsp3) is 0.0952. The third-order valence-corrected chi connectivity index (χ3v) is 5.12. The number of benzene rings is 2. The average molecular weight is 377 g/mol. The number of carbonyl (C=O) groups excluding carboxylic acids is 1. The molecule has 6 heteroatoms. The quantitative estimate of drug-likeness (QED) is 0.545. The van der Waals surface area contributed by atoms with E-state index in [0.29, 0.717) is 5.69 Å². The SMILES string of the molecule is Cc1nc(-c2ccc(F)cc2)c(CC(=O)Nc2cccc3cccnc23)s1. The molecule has 0 aliphatic heterocycles. The highest BCUT2D eigenvalue weighted by molar-refractivity contribution is 7.12. The summed E-state index contributed by atoms with van der Waals surface area (Å²) in [5, 5.41) is 4.78. The minimum atomic E-state index is -0.298. The Morgan fingerprint density at radius 1 is 1.11 bits per heavy atom. The van der Waals surface area contributed by atoms with Crippen LogP contribution in [0.4, 0.5) is 10.1 Å². The van der Waals surface area contributed by atoms with Crippen LogP contribution in [-0.2, 0) is 11.2 Å². The third-order valence-electron chi connectivity index (χ3n) is 4.15. The summed E-state index contributed by atoms with van der Waals surface area (Å²) in [6.45, 7) is 1.90. The number of para-hydroxylation sites is 1. The first-order valence-corrected chi connectivity index (χ1v) is 9.27. The molecule has 27 heavy (non-hydrogen) atoms. The van der Waals surface area contributed by atoms with E-state index in [1.165, 1.54) is 23.5 Å². The Hall–Kier alpha value is -3.12. The Labute approximate surface area is 159 Å². The molecule has 0 atom stereocenters. The molecule has 0 saturated heterocycles. The fourth-order valence-corrected chi connectivity index (χ4v) is 3.92. The maximum Gasteiger partial charge on any atom is 0.229 e. The number of fused-ring (bicyclic) bond motifs is 1. The monoisotopic (exact) mass is 377 g/mol. The molecule has 0 aliphatic rings. The highest BCUT2D eigenvalue weighted by Crippen LogP contribution is 2.29. The maximum atomic E-state index is 13.2. The van der Waals surface area contributed by atoms with Crippen molar-refractivity contribution in [2.75, 3.05) is 5.32 Å². The van der Waals surface area contributed by atoms with E-state index >= 15 is 0 Å². The van der Waals surface area contributed by atoms with Gasteiger partial charge in [0, 0.05) is 22.0 Å². The number of amides is 1. The number of nitrogens with one attached hydrogen (secondary N) is 1. The van der Waals surface area contributed by atoms with Gasteiger partial charge in [0.25, 0.3) is 0 Å². The van der Waals surface area contributed by atoms with E-state index < -0.39 is 0 Å². The summed E-state index contributed by atoms with van der Waals surface area (Å²) in [5.74, 6) is -0.436. The smallest absolute Gasteiger partial charge is 0.229 e. The molecular formula is C21H16FN3OS. The molecule has 0 spiro atoms. The van der Waals surface area contributed by atoms with E-state index in [1.54, 1.807) is 18.3 Å². The molecule has 2 aromatic heterocycles. The van der Waals surface area contributed by atoms with E-state index in [-0.39, 0.29) is 18.1 Å². The zero-order valence-corrected chi connectivity index (χ0v) is 15.4. The number of pyridine rings is 1. The van der Waals surface area contributed by atoms with Gasteiger partial charge >= 0.3 is 0 Å². The topological polar surface area (TPSA) is 54.9 Å². The van der Waals surface area contributed by atoms with Gasteiger partial charge in [0.05, 0.1) is 28.3 Å². The second kappa shape index (κ2) is 7.25. The highest BCUT2D eigenvalue weighted by atomic mass is 32.1. The summed E-state index contributed by atoms with van der Waals surface area (Å²) in [7, 11) is 0. The summed E-state index contributed by atoms with van der Waals surface area (Å²) in [6, 6.07) is 15.7. The van der Waals surface area contributed by atoms with Crippen molar-refractivity contribution in [3.8, 4) is 11.3 Å². The Morgan fingerprint density at radius 3 is 2.70 bits per heavy atom. The van der Waals surface area contributed by atoms with E-state index in [9.17, 15) is 9.18 Å². The van der Waals surface area contributed by atoms with Crippen LogP contribution >= 0.6 is 11.3 Å². The minimum Gasteiger partial charge on any atom is -0.324 e. The van der Waals surface area contributed by atoms with Crippen molar-refractivity contribution in [1.82, 2.24) is 9.97 Å². The van der Waals surface area contributed by atoms with Gasteiger partial charge in [0.1, 0.15) is 5.82 Å². The van der Waals surface area contributed by atoms with Crippen molar-refractivity contribution in [3.05, 3.63) is 76.5 Å².